The van der Waals surface area contributed by atoms with Gasteiger partial charge in [-0.2, -0.15) is 4.31 Å². The fourth-order valence-electron chi connectivity index (χ4n) is 1.79. The van der Waals surface area contributed by atoms with Crippen molar-refractivity contribution in [2.24, 2.45) is 0 Å². The van der Waals surface area contributed by atoms with Crippen LogP contribution in [0.3, 0.4) is 0 Å². The smallest absolute Gasteiger partial charge is 0.247 e. The maximum Gasteiger partial charge on any atom is 0.247 e. The minimum Gasteiger partial charge on any atom is -0.398 e. The zero-order valence-corrected chi connectivity index (χ0v) is 11.3. The number of halogens is 1. The SMILES string of the molecule is Cc1cc(F)c(S(=O)(=O)N2CC(=O)NC(=O)C2)cc1N. The van der Waals surface area contributed by atoms with E-state index in [1.165, 1.54) is 6.92 Å². The number of benzene rings is 1. The quantitative estimate of drug-likeness (QED) is 0.558. The van der Waals surface area contributed by atoms with E-state index >= 15 is 0 Å². The molecule has 7 nitrogen and oxygen atoms in total. The summed E-state index contributed by atoms with van der Waals surface area (Å²) in [5.74, 6) is -2.49. The number of piperazine rings is 1. The number of imide groups is 1. The number of amides is 2. The van der Waals surface area contributed by atoms with Gasteiger partial charge < -0.3 is 5.73 Å². The van der Waals surface area contributed by atoms with Crippen LogP contribution in [-0.2, 0) is 19.6 Å². The molecule has 0 aliphatic carbocycles. The molecule has 0 bridgehead atoms. The predicted octanol–water partition coefficient (Wildman–Crippen LogP) is -0.637. The van der Waals surface area contributed by atoms with Crippen molar-refractivity contribution in [1.29, 1.82) is 0 Å². The first-order chi connectivity index (χ1) is 9.21. The second-order valence-electron chi connectivity index (χ2n) is 4.38. The van der Waals surface area contributed by atoms with E-state index in [1.807, 2.05) is 5.32 Å². The van der Waals surface area contributed by atoms with Crippen molar-refractivity contribution in [2.75, 3.05) is 18.8 Å². The first kappa shape index (κ1) is 14.4. The van der Waals surface area contributed by atoms with Crippen molar-refractivity contribution in [3.8, 4) is 0 Å². The molecule has 3 N–H and O–H groups in total. The number of nitrogen functional groups attached to an aromatic ring is 1. The molecule has 0 atom stereocenters. The highest BCUT2D eigenvalue weighted by Crippen LogP contribution is 2.24. The van der Waals surface area contributed by atoms with Crippen LogP contribution in [0.4, 0.5) is 10.1 Å². The summed E-state index contributed by atoms with van der Waals surface area (Å²) in [6.45, 7) is 0.454. The molecule has 1 aromatic carbocycles. The van der Waals surface area contributed by atoms with Crippen LogP contribution in [0.1, 0.15) is 5.56 Å². The highest BCUT2D eigenvalue weighted by molar-refractivity contribution is 7.89. The van der Waals surface area contributed by atoms with Gasteiger partial charge in [0.25, 0.3) is 0 Å². The third kappa shape index (κ3) is 2.49. The average molecular weight is 301 g/mol. The Morgan fingerprint density at radius 2 is 1.80 bits per heavy atom. The van der Waals surface area contributed by atoms with Crippen LogP contribution in [0.15, 0.2) is 17.0 Å². The zero-order chi connectivity index (χ0) is 15.1. The molecular formula is C11H12FN3O4S. The van der Waals surface area contributed by atoms with Gasteiger partial charge in [0.15, 0.2) is 0 Å². The maximum absolute atomic E-state index is 13.8. The van der Waals surface area contributed by atoms with Gasteiger partial charge in [-0.15, -0.1) is 0 Å². The van der Waals surface area contributed by atoms with E-state index < -0.39 is 45.6 Å². The van der Waals surface area contributed by atoms with E-state index in [2.05, 4.69) is 0 Å². The molecule has 1 saturated heterocycles. The number of nitrogens with zero attached hydrogens (tertiary/aromatic N) is 1. The summed E-state index contributed by atoms with van der Waals surface area (Å²) in [6.07, 6.45) is 0. The molecule has 0 saturated carbocycles. The number of hydrogen-bond acceptors (Lipinski definition) is 5. The van der Waals surface area contributed by atoms with E-state index in [9.17, 15) is 22.4 Å². The van der Waals surface area contributed by atoms with Crippen molar-refractivity contribution < 1.29 is 22.4 Å². The zero-order valence-electron chi connectivity index (χ0n) is 10.5. The van der Waals surface area contributed by atoms with Gasteiger partial charge in [-0.1, -0.05) is 0 Å². The Kier molecular flexibility index (Phi) is 3.48. The van der Waals surface area contributed by atoms with E-state index in [4.69, 9.17) is 5.73 Å². The van der Waals surface area contributed by atoms with Crippen molar-refractivity contribution in [1.82, 2.24) is 9.62 Å². The summed E-state index contributed by atoms with van der Waals surface area (Å²) in [5.41, 5.74) is 6.08. The van der Waals surface area contributed by atoms with E-state index in [0.717, 1.165) is 12.1 Å². The summed E-state index contributed by atoms with van der Waals surface area (Å²) in [7, 11) is -4.30. The number of carbonyl (C=O) groups excluding carboxylic acids is 2. The van der Waals surface area contributed by atoms with Crippen molar-refractivity contribution in [3.63, 3.8) is 0 Å². The number of hydrogen-bond donors (Lipinski definition) is 2. The average Bonchev–Trinajstić information content (AvgIpc) is 2.32. The third-order valence-electron chi connectivity index (χ3n) is 2.86. The molecule has 0 radical (unpaired) electrons. The summed E-state index contributed by atoms with van der Waals surface area (Å²) in [6, 6.07) is 1.98. The van der Waals surface area contributed by atoms with Gasteiger partial charge in [-0.05, 0) is 24.6 Å². The second kappa shape index (κ2) is 4.84. The van der Waals surface area contributed by atoms with Gasteiger partial charge in [0.1, 0.15) is 10.7 Å². The number of nitrogens with two attached hydrogens (primary N) is 1. The third-order valence-corrected chi connectivity index (χ3v) is 4.66. The standard InChI is InChI=1S/C11H12FN3O4S/c1-6-2-7(12)9(3-8(6)13)20(18,19)15-4-10(16)14-11(17)5-15/h2-3H,4-5,13H2,1H3,(H,14,16,17). The van der Waals surface area contributed by atoms with Crippen molar-refractivity contribution in [2.45, 2.75) is 11.8 Å². The largest absolute Gasteiger partial charge is 0.398 e. The van der Waals surface area contributed by atoms with Crippen LogP contribution in [-0.4, -0.2) is 37.6 Å². The molecule has 1 aliphatic heterocycles. The van der Waals surface area contributed by atoms with Gasteiger partial charge in [0, 0.05) is 5.69 Å². The highest BCUT2D eigenvalue weighted by atomic mass is 32.2. The number of carbonyl (C=O) groups is 2. The highest BCUT2D eigenvalue weighted by Gasteiger charge is 2.34. The molecule has 1 fully saturated rings. The lowest BCUT2D eigenvalue weighted by Crippen LogP contribution is -2.53. The lowest BCUT2D eigenvalue weighted by molar-refractivity contribution is -0.134. The topological polar surface area (TPSA) is 110 Å². The minimum atomic E-state index is -4.30. The minimum absolute atomic E-state index is 0.109. The van der Waals surface area contributed by atoms with Crippen LogP contribution in [0, 0.1) is 12.7 Å². The van der Waals surface area contributed by atoms with Crippen LogP contribution in [0.5, 0.6) is 0 Å². The molecule has 0 unspecified atom stereocenters. The van der Waals surface area contributed by atoms with Gasteiger partial charge >= 0.3 is 0 Å². The Bertz CT molecular complexity index is 686. The van der Waals surface area contributed by atoms with Crippen LogP contribution >= 0.6 is 0 Å². The summed E-state index contributed by atoms with van der Waals surface area (Å²) in [4.78, 5) is 21.8. The Labute approximate surface area is 114 Å². The molecule has 1 heterocycles. The Morgan fingerprint density at radius 3 is 2.35 bits per heavy atom. The van der Waals surface area contributed by atoms with E-state index in [-0.39, 0.29) is 5.69 Å². The summed E-state index contributed by atoms with van der Waals surface area (Å²) >= 11 is 0. The van der Waals surface area contributed by atoms with Gasteiger partial charge in [0.05, 0.1) is 13.1 Å². The van der Waals surface area contributed by atoms with E-state index in [0.29, 0.717) is 9.87 Å². The molecule has 0 aromatic heterocycles. The van der Waals surface area contributed by atoms with Gasteiger partial charge in [-0.3, -0.25) is 14.9 Å². The fraction of sp³-hybridized carbons (Fsp3) is 0.273. The first-order valence-corrected chi connectivity index (χ1v) is 7.04. The molecular weight excluding hydrogens is 289 g/mol. The molecule has 2 rings (SSSR count). The normalized spacial score (nSPS) is 17.1. The number of nitrogens with one attached hydrogen (secondary N) is 1. The fourth-order valence-corrected chi connectivity index (χ4v) is 3.22. The first-order valence-electron chi connectivity index (χ1n) is 5.60. The molecule has 9 heteroatoms. The van der Waals surface area contributed by atoms with Crippen molar-refractivity contribution in [3.05, 3.63) is 23.5 Å². The molecule has 1 aliphatic rings. The molecule has 0 spiro atoms. The number of sulfonamides is 1. The van der Waals surface area contributed by atoms with Crippen LogP contribution in [0.25, 0.3) is 0 Å². The lowest BCUT2D eigenvalue weighted by atomic mass is 10.2. The predicted molar refractivity (Wildman–Crippen MR) is 67.5 cm³/mol. The van der Waals surface area contributed by atoms with E-state index in [1.54, 1.807) is 0 Å². The molecule has 1 aromatic rings. The Balaban J connectivity index is 2.47. The molecule has 20 heavy (non-hydrogen) atoms. The molecule has 108 valence electrons. The summed E-state index contributed by atoms with van der Waals surface area (Å²) in [5, 5.41) is 1.97. The number of anilines is 1. The number of rotatable bonds is 2. The van der Waals surface area contributed by atoms with Crippen LogP contribution < -0.4 is 11.1 Å². The monoisotopic (exact) mass is 301 g/mol. The number of aryl methyl sites for hydroxylation is 1. The van der Waals surface area contributed by atoms with Gasteiger partial charge in [0.2, 0.25) is 21.8 Å². The summed E-state index contributed by atoms with van der Waals surface area (Å²) < 4.78 is 39.0. The lowest BCUT2D eigenvalue weighted by Gasteiger charge is -2.25. The Morgan fingerprint density at radius 1 is 1.25 bits per heavy atom. The Hall–Kier alpha value is -2.00. The van der Waals surface area contributed by atoms with Crippen molar-refractivity contribution >= 4 is 27.5 Å². The second-order valence-corrected chi connectivity index (χ2v) is 6.29. The van der Waals surface area contributed by atoms with Crippen LogP contribution in [0.2, 0.25) is 0 Å². The van der Waals surface area contributed by atoms with Gasteiger partial charge in [-0.25, -0.2) is 12.8 Å². The maximum atomic E-state index is 13.8. The molecule has 2 amide bonds.